The number of halogens is 2. The molecule has 2 aromatic heterocycles. The Balaban J connectivity index is 0.00000304. The van der Waals surface area contributed by atoms with Crippen molar-refractivity contribution in [2.75, 3.05) is 0 Å². The summed E-state index contributed by atoms with van der Waals surface area (Å²) in [6, 6.07) is 35.5. The molecule has 0 unspecified atom stereocenters. The van der Waals surface area contributed by atoms with Gasteiger partial charge >= 0.3 is 21.1 Å². The molecule has 5 aromatic rings. The first-order valence-electron chi connectivity index (χ1n) is 11.3. The molecule has 0 amide bonds. The van der Waals surface area contributed by atoms with Gasteiger partial charge in [0, 0.05) is 28.4 Å². The summed E-state index contributed by atoms with van der Waals surface area (Å²) in [5.41, 5.74) is 5.45. The Kier molecular flexibility index (Phi) is 7.56. The molecule has 5 heteroatoms. The van der Waals surface area contributed by atoms with Crippen LogP contribution in [0.2, 0.25) is 0 Å². The predicted octanol–water partition coefficient (Wildman–Crippen LogP) is 7.68. The van der Waals surface area contributed by atoms with Crippen LogP contribution < -0.4 is 0 Å². The van der Waals surface area contributed by atoms with E-state index in [-0.39, 0.29) is 26.6 Å². The minimum Gasteiger partial charge on any atom is -0.300 e. The monoisotopic (exact) mass is 655 g/mol. The average Bonchev–Trinajstić information content (AvgIpc) is 2.89. The second-order valence-corrected chi connectivity index (χ2v) is 8.84. The number of hydrogen-bond donors (Lipinski definition) is 0. The van der Waals surface area contributed by atoms with E-state index in [0.29, 0.717) is 5.69 Å². The van der Waals surface area contributed by atoms with E-state index in [1.54, 1.807) is 6.07 Å². The smallest absolute Gasteiger partial charge is 0.300 e. The zero-order valence-corrected chi connectivity index (χ0v) is 22.0. The van der Waals surface area contributed by atoms with Crippen molar-refractivity contribution in [2.24, 2.45) is 0 Å². The molecule has 0 saturated heterocycles. The summed E-state index contributed by atoms with van der Waals surface area (Å²) in [4.78, 5) is 9.61. The predicted molar refractivity (Wildman–Crippen MR) is 134 cm³/mol. The van der Waals surface area contributed by atoms with E-state index in [4.69, 9.17) is 4.98 Å². The number of rotatable bonds is 5. The van der Waals surface area contributed by atoms with Gasteiger partial charge in [0.1, 0.15) is 0 Å². The molecular weight excluding hydrogens is 633 g/mol. The van der Waals surface area contributed by atoms with Crippen LogP contribution in [0.15, 0.2) is 97.1 Å². The van der Waals surface area contributed by atoms with Gasteiger partial charge < -0.3 is 9.97 Å². The van der Waals surface area contributed by atoms with Crippen molar-refractivity contribution in [1.29, 1.82) is 0 Å². The molecule has 0 fully saturated rings. The summed E-state index contributed by atoms with van der Waals surface area (Å²) in [7, 11) is 0. The zero-order chi connectivity index (χ0) is 24.4. The van der Waals surface area contributed by atoms with Crippen LogP contribution in [-0.2, 0) is 26.5 Å². The molecule has 5 rings (SSSR count). The zero-order valence-electron chi connectivity index (χ0n) is 19.7. The van der Waals surface area contributed by atoms with Crippen LogP contribution >= 0.6 is 0 Å². The normalized spacial score (nSPS) is 11.1. The molecule has 0 spiro atoms. The fraction of sp³-hybridized carbons (Fsp3) is 0.0968. The molecule has 2 heterocycles. The van der Waals surface area contributed by atoms with Crippen LogP contribution in [0.4, 0.5) is 8.78 Å². The van der Waals surface area contributed by atoms with Gasteiger partial charge in [-0.15, -0.1) is 42.0 Å². The van der Waals surface area contributed by atoms with Crippen LogP contribution in [0.1, 0.15) is 25.2 Å². The van der Waals surface area contributed by atoms with Crippen LogP contribution in [0.3, 0.4) is 0 Å². The molecule has 0 N–H and O–H groups in total. The number of benzene rings is 3. The second-order valence-electron chi connectivity index (χ2n) is 8.84. The molecule has 0 aliphatic rings. The van der Waals surface area contributed by atoms with E-state index >= 15 is 0 Å². The van der Waals surface area contributed by atoms with Crippen LogP contribution in [-0.4, -0.2) is 9.97 Å². The summed E-state index contributed by atoms with van der Waals surface area (Å²) >= 11 is 0. The summed E-state index contributed by atoms with van der Waals surface area (Å²) in [6.45, 7) is 4.05. The summed E-state index contributed by atoms with van der Waals surface area (Å²) < 4.78 is 27.7. The SMILES string of the molecule is CC(C)(c1cccc(-c2[c-]cc(-c3ccccc3)cc2)n1)c1cccc(-c2[c-]cc(F)cc2F)n1.[Pt+2]. The summed E-state index contributed by atoms with van der Waals surface area (Å²) in [6.07, 6.45) is 0. The third-order valence-corrected chi connectivity index (χ3v) is 6.09. The van der Waals surface area contributed by atoms with Gasteiger partial charge in [-0.25, -0.2) is 0 Å². The standard InChI is InChI=1S/C31H22F2N2.Pt/c1-31(2,30-13-7-11-28(35-30)25-19-18-24(32)20-26(25)33)29-12-6-10-27(34-29)23-16-14-22(15-17-23)21-8-4-3-5-9-21;/h3-16,18,20H,1-2H3;/q-2;+2. The van der Waals surface area contributed by atoms with Gasteiger partial charge in [0.25, 0.3) is 0 Å². The van der Waals surface area contributed by atoms with E-state index in [1.807, 2.05) is 74.5 Å². The Bertz CT molecular complexity index is 1480. The average molecular weight is 656 g/mol. The molecule has 0 aliphatic heterocycles. The number of hydrogen-bond acceptors (Lipinski definition) is 2. The first kappa shape index (κ1) is 25.6. The minimum atomic E-state index is -0.693. The molecule has 3 aromatic carbocycles. The van der Waals surface area contributed by atoms with Crippen molar-refractivity contribution < 1.29 is 29.8 Å². The Morgan fingerprint density at radius 3 is 1.97 bits per heavy atom. The van der Waals surface area contributed by atoms with Gasteiger partial charge in [0.05, 0.1) is 0 Å². The first-order chi connectivity index (χ1) is 16.9. The maximum atomic E-state index is 14.3. The molecule has 0 radical (unpaired) electrons. The van der Waals surface area contributed by atoms with Gasteiger partial charge in [0.2, 0.25) is 0 Å². The molecule has 180 valence electrons. The number of nitrogens with zero attached hydrogens (tertiary/aromatic N) is 2. The van der Waals surface area contributed by atoms with E-state index in [1.165, 1.54) is 0 Å². The fourth-order valence-corrected chi connectivity index (χ4v) is 4.02. The fourth-order valence-electron chi connectivity index (χ4n) is 4.02. The van der Waals surface area contributed by atoms with Crippen LogP contribution in [0.25, 0.3) is 33.6 Å². The molecular formula is C31H22F2N2Pt. The minimum absolute atomic E-state index is 0. The quantitative estimate of drug-likeness (QED) is 0.182. The van der Waals surface area contributed by atoms with Gasteiger partial charge in [-0.05, 0) is 37.4 Å². The molecule has 2 nitrogen and oxygen atoms in total. The molecule has 0 aliphatic carbocycles. The van der Waals surface area contributed by atoms with E-state index in [9.17, 15) is 8.78 Å². The van der Waals surface area contributed by atoms with E-state index in [2.05, 4.69) is 35.3 Å². The Morgan fingerprint density at radius 1 is 0.667 bits per heavy atom. The Hall–Kier alpha value is -3.49. The second kappa shape index (κ2) is 10.6. The van der Waals surface area contributed by atoms with Gasteiger partial charge in [0.15, 0.2) is 0 Å². The van der Waals surface area contributed by atoms with Crippen molar-refractivity contribution in [3.05, 3.63) is 132 Å². The maximum absolute atomic E-state index is 14.3. The van der Waals surface area contributed by atoms with Crippen LogP contribution in [0, 0.1) is 23.8 Å². The Morgan fingerprint density at radius 2 is 1.33 bits per heavy atom. The van der Waals surface area contributed by atoms with E-state index < -0.39 is 17.0 Å². The molecule has 0 atom stereocenters. The molecule has 0 saturated carbocycles. The van der Waals surface area contributed by atoms with Crippen molar-refractivity contribution in [3.8, 4) is 33.6 Å². The van der Waals surface area contributed by atoms with Crippen molar-refractivity contribution in [2.45, 2.75) is 19.3 Å². The molecule has 0 bridgehead atoms. The van der Waals surface area contributed by atoms with Crippen molar-refractivity contribution in [3.63, 3.8) is 0 Å². The number of aromatic nitrogens is 2. The van der Waals surface area contributed by atoms with Gasteiger partial charge in [-0.1, -0.05) is 77.4 Å². The van der Waals surface area contributed by atoms with Crippen molar-refractivity contribution in [1.82, 2.24) is 9.97 Å². The van der Waals surface area contributed by atoms with Gasteiger partial charge in [-0.3, -0.25) is 8.78 Å². The third-order valence-electron chi connectivity index (χ3n) is 6.09. The summed E-state index contributed by atoms with van der Waals surface area (Å²) in [5.74, 6) is -1.36. The number of pyridine rings is 2. The van der Waals surface area contributed by atoms with Crippen LogP contribution in [0.5, 0.6) is 0 Å². The Labute approximate surface area is 224 Å². The first-order valence-corrected chi connectivity index (χ1v) is 11.3. The van der Waals surface area contributed by atoms with Gasteiger partial charge in [-0.2, -0.15) is 0 Å². The third kappa shape index (κ3) is 5.20. The van der Waals surface area contributed by atoms with Crippen molar-refractivity contribution >= 4 is 0 Å². The molecule has 36 heavy (non-hydrogen) atoms. The maximum Gasteiger partial charge on any atom is 2.00 e. The largest absolute Gasteiger partial charge is 2.00 e. The van der Waals surface area contributed by atoms with E-state index in [0.717, 1.165) is 45.9 Å². The summed E-state index contributed by atoms with van der Waals surface area (Å²) in [5, 5.41) is 0. The topological polar surface area (TPSA) is 25.8 Å².